The number of fused-ring (bicyclic) bond motifs is 1. The van der Waals surface area contributed by atoms with Crippen molar-refractivity contribution < 1.29 is 9.53 Å². The molecule has 1 saturated heterocycles. The van der Waals surface area contributed by atoms with Crippen LogP contribution in [-0.4, -0.2) is 58.0 Å². The van der Waals surface area contributed by atoms with Crippen molar-refractivity contribution in [1.82, 2.24) is 19.2 Å². The second-order valence-electron chi connectivity index (χ2n) is 7.73. The molecule has 4 rings (SSSR count). The first-order valence-electron chi connectivity index (χ1n) is 10.2. The monoisotopic (exact) mass is 395 g/mol. The van der Waals surface area contributed by atoms with Crippen LogP contribution in [0.2, 0.25) is 0 Å². The van der Waals surface area contributed by atoms with Crippen LogP contribution in [0.15, 0.2) is 30.5 Å². The Bertz CT molecular complexity index is 1010. The van der Waals surface area contributed by atoms with Gasteiger partial charge in [-0.3, -0.25) is 14.4 Å². The molecular formula is C22H29N5O2. The van der Waals surface area contributed by atoms with E-state index in [1.54, 1.807) is 0 Å². The SMILES string of the molecule is Cc1nn(C)c(C)c1CC(=O)Nc1ccc2c(ccn2CCN2CCOCC2)c1. The van der Waals surface area contributed by atoms with Gasteiger partial charge in [0.2, 0.25) is 5.91 Å². The maximum atomic E-state index is 12.5. The molecule has 7 heteroatoms. The van der Waals surface area contributed by atoms with Crippen molar-refractivity contribution >= 4 is 22.5 Å². The number of benzene rings is 1. The summed E-state index contributed by atoms with van der Waals surface area (Å²) in [4.78, 5) is 15.0. The second-order valence-corrected chi connectivity index (χ2v) is 7.73. The van der Waals surface area contributed by atoms with E-state index < -0.39 is 0 Å². The fourth-order valence-electron chi connectivity index (χ4n) is 3.99. The van der Waals surface area contributed by atoms with Gasteiger partial charge >= 0.3 is 0 Å². The number of amides is 1. The molecule has 1 aliphatic rings. The minimum absolute atomic E-state index is 0.0182. The van der Waals surface area contributed by atoms with Gasteiger partial charge in [0.05, 0.1) is 25.3 Å². The van der Waals surface area contributed by atoms with Gasteiger partial charge in [-0.25, -0.2) is 0 Å². The summed E-state index contributed by atoms with van der Waals surface area (Å²) < 4.78 is 9.52. The highest BCUT2D eigenvalue weighted by Gasteiger charge is 2.14. The molecule has 1 aromatic carbocycles. The number of carbonyl (C=O) groups is 1. The molecule has 3 aromatic rings. The number of carbonyl (C=O) groups excluding carboxylic acids is 1. The molecule has 0 unspecified atom stereocenters. The predicted molar refractivity (Wildman–Crippen MR) is 114 cm³/mol. The van der Waals surface area contributed by atoms with E-state index >= 15 is 0 Å². The highest BCUT2D eigenvalue weighted by atomic mass is 16.5. The third kappa shape index (κ3) is 4.36. The number of anilines is 1. The van der Waals surface area contributed by atoms with E-state index in [2.05, 4.69) is 38.2 Å². The molecule has 0 saturated carbocycles. The van der Waals surface area contributed by atoms with Gasteiger partial charge in [0.25, 0.3) is 0 Å². The average Bonchev–Trinajstić information content (AvgIpc) is 3.22. The van der Waals surface area contributed by atoms with Crippen LogP contribution < -0.4 is 5.32 Å². The molecule has 0 spiro atoms. The first-order chi connectivity index (χ1) is 14.0. The molecule has 154 valence electrons. The van der Waals surface area contributed by atoms with Gasteiger partial charge in [0, 0.05) is 67.3 Å². The fraction of sp³-hybridized carbons (Fsp3) is 0.455. The van der Waals surface area contributed by atoms with Crippen LogP contribution in [0.1, 0.15) is 17.0 Å². The maximum absolute atomic E-state index is 12.5. The summed E-state index contributed by atoms with van der Waals surface area (Å²) in [6.45, 7) is 9.58. The number of hydrogen-bond acceptors (Lipinski definition) is 4. The zero-order valence-electron chi connectivity index (χ0n) is 17.4. The van der Waals surface area contributed by atoms with Crippen LogP contribution in [0.4, 0.5) is 5.69 Å². The lowest BCUT2D eigenvalue weighted by molar-refractivity contribution is -0.115. The molecule has 7 nitrogen and oxygen atoms in total. The Morgan fingerprint density at radius 3 is 2.69 bits per heavy atom. The van der Waals surface area contributed by atoms with E-state index in [9.17, 15) is 4.79 Å². The van der Waals surface area contributed by atoms with Crippen molar-refractivity contribution in [2.75, 3.05) is 38.2 Å². The lowest BCUT2D eigenvalue weighted by Gasteiger charge is -2.26. The van der Waals surface area contributed by atoms with Gasteiger partial charge in [-0.2, -0.15) is 5.10 Å². The van der Waals surface area contributed by atoms with E-state index in [1.165, 1.54) is 5.52 Å². The lowest BCUT2D eigenvalue weighted by Crippen LogP contribution is -2.38. The summed E-state index contributed by atoms with van der Waals surface area (Å²) in [7, 11) is 1.90. The van der Waals surface area contributed by atoms with Gasteiger partial charge in [-0.05, 0) is 38.1 Å². The number of ether oxygens (including phenoxy) is 1. The van der Waals surface area contributed by atoms with E-state index in [4.69, 9.17) is 4.74 Å². The molecule has 2 aromatic heterocycles. The standard InChI is InChI=1S/C22H29N5O2/c1-16-20(17(2)25(3)24-16)15-22(28)23-19-4-5-21-18(14-19)6-7-27(21)9-8-26-10-12-29-13-11-26/h4-7,14H,8-13,15H2,1-3H3,(H,23,28). The summed E-state index contributed by atoms with van der Waals surface area (Å²) in [6, 6.07) is 8.22. The van der Waals surface area contributed by atoms with Crippen LogP contribution in [0, 0.1) is 13.8 Å². The maximum Gasteiger partial charge on any atom is 0.228 e. The Kier molecular flexibility index (Phi) is 5.69. The molecule has 3 heterocycles. The van der Waals surface area contributed by atoms with Gasteiger partial charge in [-0.15, -0.1) is 0 Å². The number of rotatable bonds is 6. The predicted octanol–water partition coefficient (Wildman–Crippen LogP) is 2.51. The second kappa shape index (κ2) is 8.39. The van der Waals surface area contributed by atoms with Crippen LogP contribution >= 0.6 is 0 Å². The number of aromatic nitrogens is 3. The quantitative estimate of drug-likeness (QED) is 0.697. The summed E-state index contributed by atoms with van der Waals surface area (Å²) in [5.74, 6) is -0.0182. The highest BCUT2D eigenvalue weighted by molar-refractivity contribution is 5.95. The first kappa shape index (κ1) is 19.7. The van der Waals surface area contributed by atoms with Crippen molar-refractivity contribution in [1.29, 1.82) is 0 Å². The van der Waals surface area contributed by atoms with Crippen molar-refractivity contribution in [2.45, 2.75) is 26.8 Å². The summed E-state index contributed by atoms with van der Waals surface area (Å²) in [5, 5.41) is 8.56. The largest absolute Gasteiger partial charge is 0.379 e. The highest BCUT2D eigenvalue weighted by Crippen LogP contribution is 2.21. The Morgan fingerprint density at radius 1 is 1.17 bits per heavy atom. The molecule has 1 amide bonds. The molecule has 0 aliphatic carbocycles. The normalized spacial score (nSPS) is 15.1. The zero-order chi connectivity index (χ0) is 20.4. The smallest absolute Gasteiger partial charge is 0.228 e. The summed E-state index contributed by atoms with van der Waals surface area (Å²) in [6.07, 6.45) is 2.46. The average molecular weight is 396 g/mol. The number of morpholine rings is 1. The van der Waals surface area contributed by atoms with Gasteiger partial charge in [-0.1, -0.05) is 0 Å². The Balaban J connectivity index is 1.40. The fourth-order valence-corrected chi connectivity index (χ4v) is 3.99. The topological polar surface area (TPSA) is 64.3 Å². The molecular weight excluding hydrogens is 366 g/mol. The van der Waals surface area contributed by atoms with Crippen LogP contribution in [0.3, 0.4) is 0 Å². The van der Waals surface area contributed by atoms with E-state index in [0.717, 1.165) is 67.4 Å². The molecule has 0 atom stereocenters. The minimum atomic E-state index is -0.0182. The number of nitrogens with zero attached hydrogens (tertiary/aromatic N) is 4. The van der Waals surface area contributed by atoms with Crippen LogP contribution in [0.5, 0.6) is 0 Å². The van der Waals surface area contributed by atoms with Crippen LogP contribution in [-0.2, 0) is 29.5 Å². The van der Waals surface area contributed by atoms with Crippen LogP contribution in [0.25, 0.3) is 10.9 Å². The summed E-state index contributed by atoms with van der Waals surface area (Å²) in [5.41, 5.74) is 4.96. The van der Waals surface area contributed by atoms with Gasteiger partial charge in [0.1, 0.15) is 0 Å². The third-order valence-corrected chi connectivity index (χ3v) is 5.81. The van der Waals surface area contributed by atoms with E-state index in [1.807, 2.05) is 37.7 Å². The molecule has 0 bridgehead atoms. The van der Waals surface area contributed by atoms with E-state index in [0.29, 0.717) is 6.42 Å². The zero-order valence-corrected chi connectivity index (χ0v) is 17.4. The van der Waals surface area contributed by atoms with Crippen molar-refractivity contribution in [3.8, 4) is 0 Å². The Hall–Kier alpha value is -2.64. The van der Waals surface area contributed by atoms with Crippen molar-refractivity contribution in [3.63, 3.8) is 0 Å². The molecule has 1 aliphatic heterocycles. The molecule has 1 N–H and O–H groups in total. The molecule has 29 heavy (non-hydrogen) atoms. The third-order valence-electron chi connectivity index (χ3n) is 5.81. The summed E-state index contributed by atoms with van der Waals surface area (Å²) >= 11 is 0. The Labute approximate surface area is 171 Å². The van der Waals surface area contributed by atoms with Gasteiger partial charge < -0.3 is 14.6 Å². The number of aryl methyl sites for hydroxylation is 2. The van der Waals surface area contributed by atoms with E-state index in [-0.39, 0.29) is 5.91 Å². The number of hydrogen-bond donors (Lipinski definition) is 1. The lowest BCUT2D eigenvalue weighted by atomic mass is 10.1. The first-order valence-corrected chi connectivity index (χ1v) is 10.2. The van der Waals surface area contributed by atoms with Crippen molar-refractivity contribution in [2.24, 2.45) is 7.05 Å². The molecule has 1 fully saturated rings. The van der Waals surface area contributed by atoms with Crippen molar-refractivity contribution in [3.05, 3.63) is 47.4 Å². The number of nitrogens with one attached hydrogen (secondary N) is 1. The minimum Gasteiger partial charge on any atom is -0.379 e. The molecule has 0 radical (unpaired) electrons. The Morgan fingerprint density at radius 2 is 1.97 bits per heavy atom. The van der Waals surface area contributed by atoms with Gasteiger partial charge in [0.15, 0.2) is 0 Å².